The first-order chi connectivity index (χ1) is 6.49. The van der Waals surface area contributed by atoms with Gasteiger partial charge >= 0.3 is 5.97 Å². The lowest BCUT2D eigenvalue weighted by molar-refractivity contribution is -0.150. The van der Waals surface area contributed by atoms with Crippen molar-refractivity contribution < 1.29 is 14.3 Å². The fourth-order valence-corrected chi connectivity index (χ4v) is 1.68. The van der Waals surface area contributed by atoms with E-state index in [9.17, 15) is 9.59 Å². The van der Waals surface area contributed by atoms with E-state index in [2.05, 4.69) is 16.6 Å². The summed E-state index contributed by atoms with van der Waals surface area (Å²) in [5.41, 5.74) is 0.787. The van der Waals surface area contributed by atoms with Crippen LogP contribution < -0.4 is 5.32 Å². The molecule has 4 heteroatoms. The first-order valence-electron chi connectivity index (χ1n) is 4.52. The molecule has 1 fully saturated rings. The number of β-lactam (4-membered cyclic amide) rings is 1. The van der Waals surface area contributed by atoms with Gasteiger partial charge in [0.25, 0.3) is 0 Å². The van der Waals surface area contributed by atoms with Crippen molar-refractivity contribution >= 4 is 11.9 Å². The molecule has 1 aliphatic rings. The zero-order valence-electron chi connectivity index (χ0n) is 8.66. The second-order valence-electron chi connectivity index (χ2n) is 3.67. The summed E-state index contributed by atoms with van der Waals surface area (Å²) in [6, 6.07) is -0.160. The number of carbonyl (C=O) groups excluding carboxylic acids is 2. The SMILES string of the molecule is C=C(C)C1C(=O)NC1C(C)C(=O)OC. The van der Waals surface area contributed by atoms with Crippen LogP contribution in [0.4, 0.5) is 0 Å². The molecule has 0 aromatic carbocycles. The van der Waals surface area contributed by atoms with Crippen molar-refractivity contribution in [2.24, 2.45) is 11.8 Å². The molecule has 0 aromatic rings. The van der Waals surface area contributed by atoms with E-state index in [1.807, 2.05) is 0 Å². The second kappa shape index (κ2) is 3.82. The van der Waals surface area contributed by atoms with Crippen molar-refractivity contribution in [1.82, 2.24) is 5.32 Å². The molecule has 1 aliphatic heterocycles. The molecule has 3 unspecified atom stereocenters. The number of methoxy groups -OCH3 is 1. The molecule has 1 heterocycles. The number of rotatable bonds is 3. The van der Waals surface area contributed by atoms with Gasteiger partial charge in [0.2, 0.25) is 5.91 Å². The number of amides is 1. The van der Waals surface area contributed by atoms with Gasteiger partial charge in [0.05, 0.1) is 25.0 Å². The molecular formula is C10H15NO3. The van der Waals surface area contributed by atoms with E-state index in [0.29, 0.717) is 0 Å². The highest BCUT2D eigenvalue weighted by molar-refractivity contribution is 5.90. The minimum atomic E-state index is -0.320. The van der Waals surface area contributed by atoms with Crippen LogP contribution in [-0.4, -0.2) is 25.0 Å². The van der Waals surface area contributed by atoms with Crippen molar-refractivity contribution in [2.45, 2.75) is 19.9 Å². The van der Waals surface area contributed by atoms with E-state index in [1.54, 1.807) is 13.8 Å². The summed E-state index contributed by atoms with van der Waals surface area (Å²) in [7, 11) is 1.34. The first kappa shape index (κ1) is 10.8. The topological polar surface area (TPSA) is 55.4 Å². The van der Waals surface area contributed by atoms with Crippen molar-refractivity contribution in [3.63, 3.8) is 0 Å². The maximum absolute atomic E-state index is 11.2. The predicted molar refractivity (Wildman–Crippen MR) is 51.4 cm³/mol. The van der Waals surface area contributed by atoms with Crippen LogP contribution >= 0.6 is 0 Å². The Hall–Kier alpha value is -1.32. The largest absolute Gasteiger partial charge is 0.469 e. The Labute approximate surface area is 83.3 Å². The summed E-state index contributed by atoms with van der Waals surface area (Å²) < 4.78 is 4.61. The van der Waals surface area contributed by atoms with Gasteiger partial charge in [0.15, 0.2) is 0 Å². The first-order valence-corrected chi connectivity index (χ1v) is 4.52. The Bertz CT molecular complexity index is 277. The number of hydrogen-bond acceptors (Lipinski definition) is 3. The lowest BCUT2D eigenvalue weighted by atomic mass is 9.78. The van der Waals surface area contributed by atoms with E-state index < -0.39 is 0 Å². The molecule has 0 radical (unpaired) electrons. The van der Waals surface area contributed by atoms with E-state index in [4.69, 9.17) is 0 Å². The maximum atomic E-state index is 11.2. The van der Waals surface area contributed by atoms with E-state index in [1.165, 1.54) is 7.11 Å². The molecule has 0 bridgehead atoms. The molecule has 0 saturated carbocycles. The summed E-state index contributed by atoms with van der Waals surface area (Å²) >= 11 is 0. The van der Waals surface area contributed by atoms with Gasteiger partial charge in [-0.25, -0.2) is 0 Å². The van der Waals surface area contributed by atoms with Crippen molar-refractivity contribution in [2.75, 3.05) is 7.11 Å². The number of hydrogen-bond donors (Lipinski definition) is 1. The molecule has 1 N–H and O–H groups in total. The summed E-state index contributed by atoms with van der Waals surface area (Å²) in [5.74, 6) is -0.928. The molecule has 1 amide bonds. The number of esters is 1. The fourth-order valence-electron chi connectivity index (χ4n) is 1.68. The molecule has 14 heavy (non-hydrogen) atoms. The molecule has 1 rings (SSSR count). The summed E-state index contributed by atoms with van der Waals surface area (Å²) in [5, 5.41) is 2.69. The normalized spacial score (nSPS) is 27.2. The summed E-state index contributed by atoms with van der Waals surface area (Å²) in [6.07, 6.45) is 0. The molecule has 0 aromatic heterocycles. The van der Waals surface area contributed by atoms with Gasteiger partial charge in [0, 0.05) is 0 Å². The quantitative estimate of drug-likeness (QED) is 0.407. The Morgan fingerprint density at radius 1 is 1.64 bits per heavy atom. The Kier molecular flexibility index (Phi) is 2.93. The molecule has 78 valence electrons. The summed E-state index contributed by atoms with van der Waals surface area (Å²) in [6.45, 7) is 7.27. The third kappa shape index (κ3) is 1.64. The molecule has 3 atom stereocenters. The van der Waals surface area contributed by atoms with Gasteiger partial charge in [0.1, 0.15) is 0 Å². The van der Waals surface area contributed by atoms with Crippen molar-refractivity contribution in [3.05, 3.63) is 12.2 Å². The van der Waals surface area contributed by atoms with Crippen LogP contribution in [0.15, 0.2) is 12.2 Å². The van der Waals surface area contributed by atoms with Crippen LogP contribution in [0.2, 0.25) is 0 Å². The molecule has 0 spiro atoms. The standard InChI is InChI=1S/C10H15NO3/c1-5(2)7-8(11-9(7)12)6(3)10(13)14-4/h6-8H,1H2,2-4H3,(H,11,12). The van der Waals surface area contributed by atoms with Crippen LogP contribution in [-0.2, 0) is 14.3 Å². The van der Waals surface area contributed by atoms with Crippen LogP contribution in [0.5, 0.6) is 0 Å². The Balaban J connectivity index is 2.67. The summed E-state index contributed by atoms with van der Waals surface area (Å²) in [4.78, 5) is 22.4. The van der Waals surface area contributed by atoms with Crippen LogP contribution in [0.1, 0.15) is 13.8 Å². The minimum Gasteiger partial charge on any atom is -0.469 e. The van der Waals surface area contributed by atoms with E-state index in [-0.39, 0.29) is 29.8 Å². The lowest BCUT2D eigenvalue weighted by Gasteiger charge is -2.39. The average molecular weight is 197 g/mol. The number of nitrogens with one attached hydrogen (secondary N) is 1. The van der Waals surface area contributed by atoms with E-state index >= 15 is 0 Å². The van der Waals surface area contributed by atoms with Gasteiger partial charge in [-0.15, -0.1) is 0 Å². The second-order valence-corrected chi connectivity index (χ2v) is 3.67. The third-order valence-corrected chi connectivity index (χ3v) is 2.59. The smallest absolute Gasteiger partial charge is 0.310 e. The lowest BCUT2D eigenvalue weighted by Crippen LogP contribution is -2.62. The van der Waals surface area contributed by atoms with Crippen LogP contribution in [0.25, 0.3) is 0 Å². The highest BCUT2D eigenvalue weighted by Gasteiger charge is 2.45. The predicted octanol–water partition coefficient (Wildman–Crippen LogP) is 0.486. The van der Waals surface area contributed by atoms with Crippen molar-refractivity contribution in [3.8, 4) is 0 Å². The highest BCUT2D eigenvalue weighted by atomic mass is 16.5. The molecule has 1 saturated heterocycles. The minimum absolute atomic E-state index is 0.0572. The van der Waals surface area contributed by atoms with Crippen LogP contribution in [0, 0.1) is 11.8 Å². The number of carbonyl (C=O) groups is 2. The van der Waals surface area contributed by atoms with Gasteiger partial charge in [-0.05, 0) is 13.8 Å². The average Bonchev–Trinajstić information content (AvgIpc) is 2.10. The van der Waals surface area contributed by atoms with Gasteiger partial charge in [-0.3, -0.25) is 9.59 Å². The Morgan fingerprint density at radius 3 is 2.57 bits per heavy atom. The number of ether oxygens (including phenoxy) is 1. The monoisotopic (exact) mass is 197 g/mol. The highest BCUT2D eigenvalue weighted by Crippen LogP contribution is 2.28. The van der Waals surface area contributed by atoms with E-state index in [0.717, 1.165) is 5.57 Å². The zero-order valence-corrected chi connectivity index (χ0v) is 8.66. The van der Waals surface area contributed by atoms with Crippen LogP contribution in [0.3, 0.4) is 0 Å². The molecule has 0 aliphatic carbocycles. The molecular weight excluding hydrogens is 182 g/mol. The van der Waals surface area contributed by atoms with Crippen molar-refractivity contribution in [1.29, 1.82) is 0 Å². The fraction of sp³-hybridized carbons (Fsp3) is 0.600. The maximum Gasteiger partial charge on any atom is 0.310 e. The zero-order chi connectivity index (χ0) is 10.9. The van der Waals surface area contributed by atoms with Gasteiger partial charge in [-0.1, -0.05) is 12.2 Å². The van der Waals surface area contributed by atoms with Gasteiger partial charge in [-0.2, -0.15) is 0 Å². The van der Waals surface area contributed by atoms with Gasteiger partial charge < -0.3 is 10.1 Å². The molecule has 4 nitrogen and oxygen atoms in total. The third-order valence-electron chi connectivity index (χ3n) is 2.59. The Morgan fingerprint density at radius 2 is 2.21 bits per heavy atom.